The quantitative estimate of drug-likeness (QED) is 0.266. The monoisotopic (exact) mass is 493 g/mol. The lowest BCUT2D eigenvalue weighted by molar-refractivity contribution is -0.153. The van der Waals surface area contributed by atoms with Crippen LogP contribution in [0.5, 0.6) is 5.75 Å². The average Bonchev–Trinajstić information content (AvgIpc) is 2.85. The number of aryl methyl sites for hydroxylation is 1. The Bertz CT molecular complexity index is 1300. The number of ether oxygens (including phenoxy) is 1. The van der Waals surface area contributed by atoms with Crippen molar-refractivity contribution in [3.05, 3.63) is 96.2 Å². The Hall–Kier alpha value is -4.27. The minimum Gasteiger partial charge on any atom is -0.484 e. The summed E-state index contributed by atoms with van der Waals surface area (Å²) in [7, 11) is 2.05. The maximum absolute atomic E-state index is 12.4. The van der Waals surface area contributed by atoms with E-state index in [9.17, 15) is 13.2 Å². The summed E-state index contributed by atoms with van der Waals surface area (Å²) in [6.45, 7) is 1.48. The van der Waals surface area contributed by atoms with Gasteiger partial charge >= 0.3 is 6.18 Å². The van der Waals surface area contributed by atoms with Crippen LogP contribution < -0.4 is 20.3 Å². The van der Waals surface area contributed by atoms with Gasteiger partial charge in [-0.2, -0.15) is 18.2 Å². The first kappa shape index (κ1) is 24.8. The van der Waals surface area contributed by atoms with E-state index in [0.29, 0.717) is 17.5 Å². The number of benzene rings is 3. The van der Waals surface area contributed by atoms with Crippen LogP contribution in [-0.2, 0) is 6.54 Å². The number of hydrogen-bond donors (Lipinski definition) is 2. The van der Waals surface area contributed by atoms with Crippen molar-refractivity contribution in [1.29, 1.82) is 0 Å². The number of hydrogen-bond acceptors (Lipinski definition) is 6. The SMILES string of the molecule is Cc1ccc(Nc2nccc(Nc3cccc(OCC(F)(F)F)c3)n2)cc1N(C)Cc1ccccc1. The molecule has 2 N–H and O–H groups in total. The molecule has 0 saturated heterocycles. The number of alkyl halides is 3. The number of aromatic nitrogens is 2. The van der Waals surface area contributed by atoms with Gasteiger partial charge in [-0.3, -0.25) is 0 Å². The van der Waals surface area contributed by atoms with Crippen LogP contribution >= 0.6 is 0 Å². The first-order valence-corrected chi connectivity index (χ1v) is 11.3. The summed E-state index contributed by atoms with van der Waals surface area (Å²) >= 11 is 0. The molecule has 0 atom stereocenters. The van der Waals surface area contributed by atoms with E-state index in [1.54, 1.807) is 24.4 Å². The molecule has 0 aliphatic heterocycles. The lowest BCUT2D eigenvalue weighted by Crippen LogP contribution is -2.19. The summed E-state index contributed by atoms with van der Waals surface area (Å²) in [6.07, 6.45) is -2.80. The Morgan fingerprint density at radius 3 is 2.44 bits per heavy atom. The van der Waals surface area contributed by atoms with E-state index in [1.165, 1.54) is 17.7 Å². The molecular formula is C27H26F3N5O. The summed E-state index contributed by atoms with van der Waals surface area (Å²) in [4.78, 5) is 10.9. The molecule has 4 rings (SSSR count). The summed E-state index contributed by atoms with van der Waals surface area (Å²) in [5.74, 6) is 0.968. The molecule has 36 heavy (non-hydrogen) atoms. The maximum atomic E-state index is 12.4. The van der Waals surface area contributed by atoms with E-state index in [1.807, 2.05) is 43.4 Å². The molecule has 6 nitrogen and oxygen atoms in total. The fourth-order valence-corrected chi connectivity index (χ4v) is 3.64. The highest BCUT2D eigenvalue weighted by Gasteiger charge is 2.28. The zero-order chi connectivity index (χ0) is 25.5. The number of nitrogens with one attached hydrogen (secondary N) is 2. The predicted molar refractivity (Wildman–Crippen MR) is 136 cm³/mol. The maximum Gasteiger partial charge on any atom is 0.422 e. The molecule has 0 spiro atoms. The highest BCUT2D eigenvalue weighted by molar-refractivity contribution is 5.66. The smallest absolute Gasteiger partial charge is 0.422 e. The van der Waals surface area contributed by atoms with Gasteiger partial charge in [0.15, 0.2) is 6.61 Å². The van der Waals surface area contributed by atoms with Gasteiger partial charge in [0.1, 0.15) is 11.6 Å². The zero-order valence-electron chi connectivity index (χ0n) is 19.9. The summed E-state index contributed by atoms with van der Waals surface area (Å²) in [5.41, 5.74) is 4.80. The Morgan fingerprint density at radius 1 is 0.889 bits per heavy atom. The molecule has 1 aromatic heterocycles. The number of rotatable bonds is 9. The molecule has 0 fully saturated rings. The van der Waals surface area contributed by atoms with Crippen molar-refractivity contribution < 1.29 is 17.9 Å². The van der Waals surface area contributed by atoms with Gasteiger partial charge in [-0.1, -0.05) is 42.5 Å². The van der Waals surface area contributed by atoms with Gasteiger partial charge in [-0.25, -0.2) is 4.98 Å². The van der Waals surface area contributed by atoms with E-state index in [4.69, 9.17) is 4.74 Å². The third-order valence-electron chi connectivity index (χ3n) is 5.30. The number of anilines is 5. The molecule has 3 aromatic carbocycles. The Kier molecular flexibility index (Phi) is 7.58. The molecule has 0 radical (unpaired) electrons. The lowest BCUT2D eigenvalue weighted by atomic mass is 10.1. The fourth-order valence-electron chi connectivity index (χ4n) is 3.64. The second-order valence-corrected chi connectivity index (χ2v) is 8.29. The minimum atomic E-state index is -4.40. The Morgan fingerprint density at radius 2 is 1.67 bits per heavy atom. The van der Waals surface area contributed by atoms with Crippen molar-refractivity contribution in [2.75, 3.05) is 29.2 Å². The van der Waals surface area contributed by atoms with Crippen molar-refractivity contribution in [2.24, 2.45) is 0 Å². The zero-order valence-corrected chi connectivity index (χ0v) is 19.9. The first-order valence-electron chi connectivity index (χ1n) is 11.3. The van der Waals surface area contributed by atoms with Crippen LogP contribution in [0.15, 0.2) is 85.1 Å². The van der Waals surface area contributed by atoms with Crippen LogP contribution in [0.2, 0.25) is 0 Å². The summed E-state index contributed by atoms with van der Waals surface area (Å²) in [6, 6.07) is 24.2. The third-order valence-corrected chi connectivity index (χ3v) is 5.30. The second-order valence-electron chi connectivity index (χ2n) is 8.29. The highest BCUT2D eigenvalue weighted by atomic mass is 19.4. The first-order chi connectivity index (χ1) is 17.2. The molecule has 0 unspecified atom stereocenters. The predicted octanol–water partition coefficient (Wildman–Crippen LogP) is 6.85. The van der Waals surface area contributed by atoms with Crippen LogP contribution in [0, 0.1) is 6.92 Å². The molecule has 186 valence electrons. The lowest BCUT2D eigenvalue weighted by Gasteiger charge is -2.22. The fraction of sp³-hybridized carbons (Fsp3) is 0.185. The van der Waals surface area contributed by atoms with Crippen molar-refractivity contribution in [1.82, 2.24) is 9.97 Å². The van der Waals surface area contributed by atoms with E-state index in [-0.39, 0.29) is 5.75 Å². The van der Waals surface area contributed by atoms with Gasteiger partial charge < -0.3 is 20.3 Å². The highest BCUT2D eigenvalue weighted by Crippen LogP contribution is 2.27. The van der Waals surface area contributed by atoms with Crippen molar-refractivity contribution in [2.45, 2.75) is 19.6 Å². The van der Waals surface area contributed by atoms with Gasteiger partial charge in [0.05, 0.1) is 0 Å². The van der Waals surface area contributed by atoms with Crippen molar-refractivity contribution in [3.63, 3.8) is 0 Å². The summed E-state index contributed by atoms with van der Waals surface area (Å²) < 4.78 is 42.1. The van der Waals surface area contributed by atoms with E-state index < -0.39 is 12.8 Å². The molecule has 0 aliphatic carbocycles. The molecule has 0 amide bonds. The molecule has 0 saturated carbocycles. The number of halogens is 3. The van der Waals surface area contributed by atoms with E-state index in [2.05, 4.69) is 44.6 Å². The molecule has 0 aliphatic rings. The van der Waals surface area contributed by atoms with Crippen LogP contribution in [0.25, 0.3) is 0 Å². The van der Waals surface area contributed by atoms with E-state index >= 15 is 0 Å². The topological polar surface area (TPSA) is 62.3 Å². The van der Waals surface area contributed by atoms with Gasteiger partial charge in [-0.15, -0.1) is 0 Å². The molecular weight excluding hydrogens is 467 g/mol. The summed E-state index contributed by atoms with van der Waals surface area (Å²) in [5, 5.41) is 6.30. The van der Waals surface area contributed by atoms with Crippen molar-refractivity contribution >= 4 is 28.8 Å². The van der Waals surface area contributed by atoms with Crippen LogP contribution in [0.4, 0.5) is 42.0 Å². The standard InChI is InChI=1S/C27H26F3N5O/c1-19-11-12-22(16-24(19)35(2)17-20-7-4-3-5-8-20)33-26-31-14-13-25(34-26)32-21-9-6-10-23(15-21)36-18-27(28,29)30/h3-16H,17-18H2,1-2H3,(H2,31,32,33,34). The van der Waals surface area contributed by atoms with Crippen LogP contribution in [0.3, 0.4) is 0 Å². The van der Waals surface area contributed by atoms with Gasteiger partial charge in [0.25, 0.3) is 0 Å². The van der Waals surface area contributed by atoms with Gasteiger partial charge in [-0.05, 0) is 48.4 Å². The van der Waals surface area contributed by atoms with Crippen LogP contribution in [0.1, 0.15) is 11.1 Å². The Balaban J connectivity index is 1.44. The molecule has 4 aromatic rings. The largest absolute Gasteiger partial charge is 0.484 e. The molecule has 9 heteroatoms. The van der Waals surface area contributed by atoms with Gasteiger partial charge in [0.2, 0.25) is 5.95 Å². The second kappa shape index (κ2) is 11.0. The molecule has 1 heterocycles. The van der Waals surface area contributed by atoms with Crippen LogP contribution in [-0.4, -0.2) is 29.8 Å². The van der Waals surface area contributed by atoms with E-state index in [0.717, 1.165) is 23.5 Å². The normalized spacial score (nSPS) is 11.1. The van der Waals surface area contributed by atoms with Gasteiger partial charge in [0, 0.05) is 42.9 Å². The van der Waals surface area contributed by atoms with Crippen molar-refractivity contribution in [3.8, 4) is 5.75 Å². The number of nitrogens with zero attached hydrogens (tertiary/aromatic N) is 3. The third kappa shape index (κ3) is 7.11. The molecule has 0 bridgehead atoms. The average molecular weight is 494 g/mol. The minimum absolute atomic E-state index is 0.108. The Labute approximate surface area is 207 Å².